The molecule has 5 aromatic rings. The number of hydrogen-bond donors (Lipinski definition) is 0. The van der Waals surface area contributed by atoms with E-state index in [0.29, 0.717) is 0 Å². The lowest BCUT2D eigenvalue weighted by Crippen LogP contribution is -1.89. The third-order valence-electron chi connectivity index (χ3n) is 4.94. The second-order valence-corrected chi connectivity index (χ2v) is 6.45. The molecule has 26 heavy (non-hydrogen) atoms. The van der Waals surface area contributed by atoms with Crippen molar-refractivity contribution in [2.45, 2.75) is 0 Å². The van der Waals surface area contributed by atoms with Gasteiger partial charge in [-0.15, -0.1) is 0 Å². The number of fused-ring (bicyclic) bond motifs is 2. The normalized spacial score (nSPS) is 11.1. The van der Waals surface area contributed by atoms with E-state index in [0.717, 1.165) is 5.69 Å². The maximum absolute atomic E-state index is 4.73. The lowest BCUT2D eigenvalue weighted by Gasteiger charge is -2.13. The molecule has 0 radical (unpaired) electrons. The molecule has 1 aromatic heterocycles. The van der Waals surface area contributed by atoms with Crippen molar-refractivity contribution in [2.75, 3.05) is 0 Å². The molecule has 0 unspecified atom stereocenters. The molecule has 0 N–H and O–H groups in total. The van der Waals surface area contributed by atoms with E-state index in [2.05, 4.69) is 97.1 Å². The summed E-state index contributed by atoms with van der Waals surface area (Å²) in [6.07, 6.45) is 1.90. The van der Waals surface area contributed by atoms with Crippen molar-refractivity contribution in [1.82, 2.24) is 4.98 Å². The summed E-state index contributed by atoms with van der Waals surface area (Å²) in [5, 5.41) is 4.89. The van der Waals surface area contributed by atoms with E-state index in [4.69, 9.17) is 4.98 Å². The van der Waals surface area contributed by atoms with Crippen LogP contribution in [0.25, 0.3) is 43.9 Å². The molecular weight excluding hydrogens is 314 g/mol. The summed E-state index contributed by atoms with van der Waals surface area (Å²) in [5.41, 5.74) is 4.71. The lowest BCUT2D eigenvalue weighted by molar-refractivity contribution is 1.36. The van der Waals surface area contributed by atoms with Crippen molar-refractivity contribution >= 4 is 21.5 Å². The highest BCUT2D eigenvalue weighted by Gasteiger charge is 2.12. The van der Waals surface area contributed by atoms with Gasteiger partial charge in [-0.1, -0.05) is 91.0 Å². The average molecular weight is 331 g/mol. The van der Waals surface area contributed by atoms with Crippen molar-refractivity contribution in [3.05, 3.63) is 103 Å². The summed E-state index contributed by atoms with van der Waals surface area (Å²) in [4.78, 5) is 4.73. The first kappa shape index (κ1) is 14.9. The van der Waals surface area contributed by atoms with Gasteiger partial charge in [0, 0.05) is 17.1 Å². The number of rotatable bonds is 2. The molecule has 122 valence electrons. The van der Waals surface area contributed by atoms with Gasteiger partial charge in [-0.2, -0.15) is 0 Å². The van der Waals surface area contributed by atoms with Crippen LogP contribution in [0.1, 0.15) is 0 Å². The number of pyridine rings is 1. The van der Waals surface area contributed by atoms with Crippen LogP contribution in [0.2, 0.25) is 0 Å². The largest absolute Gasteiger partial charge is 0.256 e. The van der Waals surface area contributed by atoms with Gasteiger partial charge < -0.3 is 0 Å². The molecule has 0 aliphatic heterocycles. The fourth-order valence-electron chi connectivity index (χ4n) is 3.71. The maximum atomic E-state index is 4.73. The van der Waals surface area contributed by atoms with E-state index in [1.54, 1.807) is 0 Å². The minimum absolute atomic E-state index is 1.04. The third kappa shape index (κ3) is 2.37. The fraction of sp³-hybridized carbons (Fsp3) is 0. The zero-order valence-corrected chi connectivity index (χ0v) is 14.3. The molecule has 5 rings (SSSR count). The predicted octanol–water partition coefficient (Wildman–Crippen LogP) is 6.72. The Balaban J connectivity index is 1.83. The predicted molar refractivity (Wildman–Crippen MR) is 110 cm³/mol. The monoisotopic (exact) mass is 331 g/mol. The van der Waals surface area contributed by atoms with Crippen LogP contribution < -0.4 is 0 Å². The van der Waals surface area contributed by atoms with Crippen molar-refractivity contribution < 1.29 is 0 Å². The van der Waals surface area contributed by atoms with Gasteiger partial charge >= 0.3 is 0 Å². The van der Waals surface area contributed by atoms with E-state index < -0.39 is 0 Å². The molecule has 4 aromatic carbocycles. The lowest BCUT2D eigenvalue weighted by atomic mass is 9.92. The van der Waals surface area contributed by atoms with Crippen LogP contribution >= 0.6 is 0 Å². The molecule has 0 bridgehead atoms. The van der Waals surface area contributed by atoms with Gasteiger partial charge in [0.05, 0.1) is 5.69 Å². The SMILES string of the molecule is c1ccc(-c2ccc(-c3nccc4ccccc34)c3ccccc23)cc1. The smallest absolute Gasteiger partial charge is 0.0786 e. The Morgan fingerprint density at radius 3 is 1.88 bits per heavy atom. The van der Waals surface area contributed by atoms with Crippen molar-refractivity contribution in [3.8, 4) is 22.4 Å². The van der Waals surface area contributed by atoms with Crippen LogP contribution in [0, 0.1) is 0 Å². The number of nitrogens with zero attached hydrogens (tertiary/aromatic N) is 1. The minimum atomic E-state index is 1.04. The fourth-order valence-corrected chi connectivity index (χ4v) is 3.71. The Bertz CT molecular complexity index is 1220. The molecule has 1 nitrogen and oxygen atoms in total. The van der Waals surface area contributed by atoms with Crippen LogP contribution in [0.4, 0.5) is 0 Å². The Morgan fingerprint density at radius 1 is 0.462 bits per heavy atom. The molecule has 0 saturated heterocycles. The van der Waals surface area contributed by atoms with Gasteiger partial charge in [-0.3, -0.25) is 4.98 Å². The van der Waals surface area contributed by atoms with Gasteiger partial charge in [0.1, 0.15) is 0 Å². The van der Waals surface area contributed by atoms with Crippen molar-refractivity contribution in [1.29, 1.82) is 0 Å². The third-order valence-corrected chi connectivity index (χ3v) is 4.94. The minimum Gasteiger partial charge on any atom is -0.256 e. The van der Waals surface area contributed by atoms with Crippen LogP contribution in [-0.4, -0.2) is 4.98 Å². The number of benzene rings is 4. The van der Waals surface area contributed by atoms with E-state index in [9.17, 15) is 0 Å². The standard InChI is InChI=1S/C25H17N/c1-2-8-18(9-3-1)20-14-15-24(23-13-7-6-12-22(20)23)25-21-11-5-4-10-19(21)16-17-26-25/h1-17H. The van der Waals surface area contributed by atoms with Crippen LogP contribution in [-0.2, 0) is 0 Å². The van der Waals surface area contributed by atoms with Gasteiger partial charge in [-0.05, 0) is 33.4 Å². The summed E-state index contributed by atoms with van der Waals surface area (Å²) in [5.74, 6) is 0. The van der Waals surface area contributed by atoms with Crippen LogP contribution in [0.15, 0.2) is 103 Å². The molecule has 0 aliphatic rings. The van der Waals surface area contributed by atoms with Crippen molar-refractivity contribution in [2.24, 2.45) is 0 Å². The van der Waals surface area contributed by atoms with E-state index in [1.807, 2.05) is 6.20 Å². The molecular formula is C25H17N. The summed E-state index contributed by atoms with van der Waals surface area (Å²) in [7, 11) is 0. The molecule has 0 spiro atoms. The Hall–Kier alpha value is -3.45. The average Bonchev–Trinajstić information content (AvgIpc) is 2.73. The second kappa shape index (κ2) is 6.12. The highest BCUT2D eigenvalue weighted by Crippen LogP contribution is 2.37. The topological polar surface area (TPSA) is 12.9 Å². The quantitative estimate of drug-likeness (QED) is 0.350. The molecule has 0 atom stereocenters. The van der Waals surface area contributed by atoms with Crippen molar-refractivity contribution in [3.63, 3.8) is 0 Å². The van der Waals surface area contributed by atoms with Gasteiger partial charge in [-0.25, -0.2) is 0 Å². The highest BCUT2D eigenvalue weighted by molar-refractivity contribution is 6.08. The van der Waals surface area contributed by atoms with Gasteiger partial charge in [0.2, 0.25) is 0 Å². The summed E-state index contributed by atoms with van der Waals surface area (Å²) in [6.45, 7) is 0. The first-order valence-corrected chi connectivity index (χ1v) is 8.83. The van der Waals surface area contributed by atoms with Gasteiger partial charge in [0.25, 0.3) is 0 Å². The maximum Gasteiger partial charge on any atom is 0.0786 e. The molecule has 0 saturated carbocycles. The first-order chi connectivity index (χ1) is 12.9. The Labute approximate surface area is 152 Å². The second-order valence-electron chi connectivity index (χ2n) is 6.45. The Morgan fingerprint density at radius 2 is 1.08 bits per heavy atom. The molecule has 1 heteroatoms. The molecule has 0 aliphatic carbocycles. The number of hydrogen-bond acceptors (Lipinski definition) is 1. The first-order valence-electron chi connectivity index (χ1n) is 8.83. The molecule has 0 fully saturated rings. The zero-order valence-electron chi connectivity index (χ0n) is 14.3. The Kier molecular flexibility index (Phi) is 3.50. The highest BCUT2D eigenvalue weighted by atomic mass is 14.7. The zero-order chi connectivity index (χ0) is 17.3. The molecule has 0 amide bonds. The summed E-state index contributed by atoms with van der Waals surface area (Å²) in [6, 6.07) is 34.1. The number of aromatic nitrogens is 1. The van der Waals surface area contributed by atoms with E-state index in [-0.39, 0.29) is 0 Å². The van der Waals surface area contributed by atoms with E-state index in [1.165, 1.54) is 38.2 Å². The summed E-state index contributed by atoms with van der Waals surface area (Å²) < 4.78 is 0. The van der Waals surface area contributed by atoms with E-state index >= 15 is 0 Å². The molecule has 1 heterocycles. The van der Waals surface area contributed by atoms with Crippen LogP contribution in [0.3, 0.4) is 0 Å². The summed E-state index contributed by atoms with van der Waals surface area (Å²) >= 11 is 0. The van der Waals surface area contributed by atoms with Gasteiger partial charge in [0.15, 0.2) is 0 Å². The van der Waals surface area contributed by atoms with Crippen LogP contribution in [0.5, 0.6) is 0 Å².